The third kappa shape index (κ3) is 3.29. The minimum Gasteiger partial charge on any atom is -0.543 e. The van der Waals surface area contributed by atoms with E-state index in [9.17, 15) is 4.39 Å². The van der Waals surface area contributed by atoms with Crippen molar-refractivity contribution in [3.05, 3.63) is 29.6 Å². The standard InChI is InChI=1S/C13H22FNOSi/c1-13(2,3)17(4,5)16-12-8-11(14)7-6-10(12)9-15/h6-8H,9,15H2,1-5H3. The quantitative estimate of drug-likeness (QED) is 0.836. The average Bonchev–Trinajstić information content (AvgIpc) is 2.15. The number of halogens is 1. The summed E-state index contributed by atoms with van der Waals surface area (Å²) in [7, 11) is -1.94. The molecule has 1 aromatic rings. The Morgan fingerprint density at radius 3 is 2.35 bits per heavy atom. The summed E-state index contributed by atoms with van der Waals surface area (Å²) >= 11 is 0. The summed E-state index contributed by atoms with van der Waals surface area (Å²) < 4.78 is 19.3. The van der Waals surface area contributed by atoms with Crippen molar-refractivity contribution in [1.29, 1.82) is 0 Å². The number of benzene rings is 1. The maximum atomic E-state index is 13.2. The molecule has 0 atom stereocenters. The highest BCUT2D eigenvalue weighted by atomic mass is 28.4. The molecule has 0 aliphatic carbocycles. The minimum atomic E-state index is -1.94. The first kappa shape index (κ1) is 14.2. The fourth-order valence-electron chi connectivity index (χ4n) is 1.22. The highest BCUT2D eigenvalue weighted by Gasteiger charge is 2.39. The lowest BCUT2D eigenvalue weighted by atomic mass is 10.2. The predicted octanol–water partition coefficient (Wildman–Crippen LogP) is 3.67. The van der Waals surface area contributed by atoms with Crippen LogP contribution in [0.1, 0.15) is 26.3 Å². The van der Waals surface area contributed by atoms with Crippen molar-refractivity contribution < 1.29 is 8.82 Å². The highest BCUT2D eigenvalue weighted by molar-refractivity contribution is 6.74. The van der Waals surface area contributed by atoms with Crippen LogP contribution in [0.5, 0.6) is 5.75 Å². The molecule has 0 aliphatic heterocycles. The maximum absolute atomic E-state index is 13.2. The molecule has 0 spiro atoms. The summed E-state index contributed by atoms with van der Waals surface area (Å²) in [5.41, 5.74) is 6.50. The molecule has 0 unspecified atom stereocenters. The third-order valence-electron chi connectivity index (χ3n) is 3.42. The Bertz CT molecular complexity index is 399. The largest absolute Gasteiger partial charge is 0.543 e. The van der Waals surface area contributed by atoms with Crippen LogP contribution in [0.4, 0.5) is 4.39 Å². The zero-order chi connectivity index (χ0) is 13.3. The molecule has 2 nitrogen and oxygen atoms in total. The van der Waals surface area contributed by atoms with Gasteiger partial charge in [-0.05, 0) is 24.2 Å². The zero-order valence-electron chi connectivity index (χ0n) is 11.3. The Kier molecular flexibility index (Phi) is 3.99. The van der Waals surface area contributed by atoms with E-state index in [0.29, 0.717) is 12.3 Å². The molecular formula is C13H22FNOSi. The van der Waals surface area contributed by atoms with Crippen LogP contribution in [0.3, 0.4) is 0 Å². The van der Waals surface area contributed by atoms with Gasteiger partial charge in [0, 0.05) is 18.2 Å². The molecule has 96 valence electrons. The molecule has 0 radical (unpaired) electrons. The van der Waals surface area contributed by atoms with Crippen molar-refractivity contribution in [2.45, 2.75) is 45.4 Å². The second-order valence-electron chi connectivity index (χ2n) is 5.82. The van der Waals surface area contributed by atoms with Crippen LogP contribution in [-0.4, -0.2) is 8.32 Å². The molecule has 0 aliphatic rings. The van der Waals surface area contributed by atoms with Crippen LogP contribution < -0.4 is 10.2 Å². The Labute approximate surface area is 104 Å². The molecule has 4 heteroatoms. The molecule has 0 aromatic heterocycles. The predicted molar refractivity (Wildman–Crippen MR) is 72.1 cm³/mol. The van der Waals surface area contributed by atoms with Gasteiger partial charge in [0.15, 0.2) is 0 Å². The van der Waals surface area contributed by atoms with Gasteiger partial charge in [0.05, 0.1) is 0 Å². The van der Waals surface area contributed by atoms with Crippen LogP contribution in [0.15, 0.2) is 18.2 Å². The van der Waals surface area contributed by atoms with E-state index in [2.05, 4.69) is 33.9 Å². The smallest absolute Gasteiger partial charge is 0.250 e. The molecule has 0 amide bonds. The average molecular weight is 255 g/mol. The molecule has 17 heavy (non-hydrogen) atoms. The van der Waals surface area contributed by atoms with Crippen molar-refractivity contribution in [3.63, 3.8) is 0 Å². The summed E-state index contributed by atoms with van der Waals surface area (Å²) in [6.07, 6.45) is 0. The Balaban J connectivity index is 3.06. The number of rotatable bonds is 3. The lowest BCUT2D eigenvalue weighted by Gasteiger charge is -2.37. The lowest BCUT2D eigenvalue weighted by Crippen LogP contribution is -2.44. The van der Waals surface area contributed by atoms with Gasteiger partial charge in [-0.3, -0.25) is 0 Å². The van der Waals surface area contributed by atoms with Crippen molar-refractivity contribution in [2.24, 2.45) is 5.73 Å². The molecular weight excluding hydrogens is 233 g/mol. The Hall–Kier alpha value is -0.873. The van der Waals surface area contributed by atoms with Gasteiger partial charge in [0.2, 0.25) is 8.32 Å². The van der Waals surface area contributed by atoms with E-state index in [1.54, 1.807) is 6.07 Å². The minimum absolute atomic E-state index is 0.0885. The van der Waals surface area contributed by atoms with Gasteiger partial charge in [-0.25, -0.2) is 4.39 Å². The van der Waals surface area contributed by atoms with Crippen LogP contribution in [0.25, 0.3) is 0 Å². The molecule has 0 heterocycles. The van der Waals surface area contributed by atoms with Gasteiger partial charge in [-0.15, -0.1) is 0 Å². The summed E-state index contributed by atoms with van der Waals surface area (Å²) in [5.74, 6) is 0.315. The van der Waals surface area contributed by atoms with Crippen LogP contribution >= 0.6 is 0 Å². The van der Waals surface area contributed by atoms with E-state index in [-0.39, 0.29) is 10.9 Å². The molecule has 0 saturated heterocycles. The van der Waals surface area contributed by atoms with Crippen molar-refractivity contribution >= 4 is 8.32 Å². The zero-order valence-corrected chi connectivity index (χ0v) is 12.3. The van der Waals surface area contributed by atoms with Gasteiger partial charge in [-0.1, -0.05) is 26.8 Å². The number of hydrogen-bond acceptors (Lipinski definition) is 2. The van der Waals surface area contributed by atoms with Crippen molar-refractivity contribution in [3.8, 4) is 5.75 Å². The van der Waals surface area contributed by atoms with Crippen LogP contribution in [-0.2, 0) is 6.54 Å². The van der Waals surface area contributed by atoms with Gasteiger partial charge < -0.3 is 10.2 Å². The summed E-state index contributed by atoms with van der Waals surface area (Å²) in [6.45, 7) is 11.1. The number of hydrogen-bond donors (Lipinski definition) is 1. The van der Waals surface area contributed by atoms with Crippen molar-refractivity contribution in [1.82, 2.24) is 0 Å². The molecule has 1 rings (SSSR count). The fourth-order valence-corrected chi connectivity index (χ4v) is 2.27. The van der Waals surface area contributed by atoms with E-state index in [1.165, 1.54) is 12.1 Å². The van der Waals surface area contributed by atoms with Gasteiger partial charge >= 0.3 is 0 Å². The topological polar surface area (TPSA) is 35.2 Å². The van der Waals surface area contributed by atoms with Gasteiger partial charge in [0.1, 0.15) is 11.6 Å². The third-order valence-corrected chi connectivity index (χ3v) is 7.76. The van der Waals surface area contributed by atoms with E-state index in [4.69, 9.17) is 10.2 Å². The van der Waals surface area contributed by atoms with Gasteiger partial charge in [0.25, 0.3) is 0 Å². The van der Waals surface area contributed by atoms with Crippen LogP contribution in [0.2, 0.25) is 18.1 Å². The summed E-state index contributed by atoms with van der Waals surface area (Å²) in [6, 6.07) is 4.54. The first-order valence-corrected chi connectivity index (χ1v) is 8.76. The normalized spacial score (nSPS) is 12.6. The second kappa shape index (κ2) is 4.78. The molecule has 1 aromatic carbocycles. The van der Waals surface area contributed by atoms with Crippen molar-refractivity contribution in [2.75, 3.05) is 0 Å². The molecule has 0 saturated carbocycles. The van der Waals surface area contributed by atoms with E-state index in [0.717, 1.165) is 5.56 Å². The summed E-state index contributed by atoms with van der Waals surface area (Å²) in [5, 5.41) is 0.0885. The second-order valence-corrected chi connectivity index (χ2v) is 10.5. The Morgan fingerprint density at radius 2 is 1.88 bits per heavy atom. The maximum Gasteiger partial charge on any atom is 0.250 e. The monoisotopic (exact) mass is 255 g/mol. The SMILES string of the molecule is CC(C)(C)[Si](C)(C)Oc1cc(F)ccc1CN. The number of nitrogens with two attached hydrogens (primary N) is 1. The van der Waals surface area contributed by atoms with E-state index >= 15 is 0 Å². The first-order valence-electron chi connectivity index (χ1n) is 5.85. The first-order chi connectivity index (χ1) is 7.67. The molecule has 2 N–H and O–H groups in total. The Morgan fingerprint density at radius 1 is 1.29 bits per heavy atom. The van der Waals surface area contributed by atoms with E-state index < -0.39 is 8.32 Å². The van der Waals surface area contributed by atoms with Gasteiger partial charge in [-0.2, -0.15) is 0 Å². The highest BCUT2D eigenvalue weighted by Crippen LogP contribution is 2.38. The van der Waals surface area contributed by atoms with E-state index in [1.807, 2.05) is 0 Å². The fraction of sp³-hybridized carbons (Fsp3) is 0.538. The molecule has 0 fully saturated rings. The van der Waals surface area contributed by atoms with Crippen LogP contribution in [0, 0.1) is 5.82 Å². The summed E-state index contributed by atoms with van der Waals surface area (Å²) in [4.78, 5) is 0. The molecule has 0 bridgehead atoms. The lowest BCUT2D eigenvalue weighted by molar-refractivity contribution is 0.482.